The van der Waals surface area contributed by atoms with E-state index in [1.807, 2.05) is 43.3 Å². The molecular weight excluding hydrogens is 458 g/mol. The van der Waals surface area contributed by atoms with E-state index < -0.39 is 23.9 Å². The second-order valence-corrected chi connectivity index (χ2v) is 8.09. The van der Waals surface area contributed by atoms with Gasteiger partial charge >= 0.3 is 12.0 Å². The van der Waals surface area contributed by atoms with Gasteiger partial charge in [-0.15, -0.1) is 0 Å². The number of carboxylic acids is 1. The fraction of sp³-hybridized carbons (Fsp3) is 0.111. The summed E-state index contributed by atoms with van der Waals surface area (Å²) in [7, 11) is 0. The standard InChI is InChI=1S/C27H25N5O4/c1-18-10-8-9-15-21(18)22(17-25(33)34)29-26(35)23-16-24(32(31-23)20-13-6-3-7-14-20)30-27(36)28-19-11-4-2-5-12-19/h2-16,22H,17H2,1H3,(H,29,35)(H,33,34)(H2,28,30,36)/t22-/m0/s1. The molecule has 0 aliphatic rings. The van der Waals surface area contributed by atoms with Crippen molar-refractivity contribution in [3.05, 3.63) is 108 Å². The predicted octanol–water partition coefficient (Wildman–Crippen LogP) is 4.77. The average molecular weight is 484 g/mol. The molecule has 9 nitrogen and oxygen atoms in total. The van der Waals surface area contributed by atoms with E-state index in [0.29, 0.717) is 16.9 Å². The van der Waals surface area contributed by atoms with E-state index >= 15 is 0 Å². The van der Waals surface area contributed by atoms with Gasteiger partial charge in [-0.2, -0.15) is 5.10 Å². The van der Waals surface area contributed by atoms with Crippen LogP contribution in [0.15, 0.2) is 91.0 Å². The van der Waals surface area contributed by atoms with E-state index in [4.69, 9.17) is 0 Å². The van der Waals surface area contributed by atoms with Crippen LogP contribution in [0.5, 0.6) is 0 Å². The Labute approximate surface area is 207 Å². The van der Waals surface area contributed by atoms with Gasteiger partial charge in [0, 0.05) is 11.8 Å². The molecule has 0 saturated carbocycles. The molecule has 0 unspecified atom stereocenters. The molecule has 4 rings (SSSR count). The summed E-state index contributed by atoms with van der Waals surface area (Å²) < 4.78 is 1.44. The largest absolute Gasteiger partial charge is 0.481 e. The van der Waals surface area contributed by atoms with Crippen molar-refractivity contribution in [2.24, 2.45) is 0 Å². The van der Waals surface area contributed by atoms with E-state index in [0.717, 1.165) is 5.56 Å². The third kappa shape index (κ3) is 5.95. The SMILES string of the molecule is Cc1ccccc1[C@H](CC(=O)O)NC(=O)c1cc(NC(=O)Nc2ccccc2)n(-c2ccccc2)n1. The number of aryl methyl sites for hydroxylation is 1. The van der Waals surface area contributed by atoms with E-state index in [9.17, 15) is 19.5 Å². The summed E-state index contributed by atoms with van der Waals surface area (Å²) in [5, 5.41) is 22.1. The second-order valence-electron chi connectivity index (χ2n) is 8.09. The van der Waals surface area contributed by atoms with Gasteiger partial charge in [-0.3, -0.25) is 14.9 Å². The molecule has 0 radical (unpaired) electrons. The van der Waals surface area contributed by atoms with Crippen molar-refractivity contribution >= 4 is 29.4 Å². The molecule has 0 saturated heterocycles. The summed E-state index contributed by atoms with van der Waals surface area (Å²) in [6.07, 6.45) is -0.291. The molecule has 182 valence electrons. The van der Waals surface area contributed by atoms with Crippen molar-refractivity contribution in [1.29, 1.82) is 0 Å². The van der Waals surface area contributed by atoms with Gasteiger partial charge in [0.15, 0.2) is 5.69 Å². The number of rotatable bonds is 8. The van der Waals surface area contributed by atoms with Crippen LogP contribution in [0.3, 0.4) is 0 Å². The molecule has 4 aromatic rings. The zero-order chi connectivity index (χ0) is 25.5. The molecule has 1 heterocycles. The fourth-order valence-corrected chi connectivity index (χ4v) is 3.77. The number of carbonyl (C=O) groups excluding carboxylic acids is 2. The van der Waals surface area contributed by atoms with E-state index in [1.54, 1.807) is 48.5 Å². The van der Waals surface area contributed by atoms with Crippen LogP contribution in [0.4, 0.5) is 16.3 Å². The minimum absolute atomic E-state index is 0.0258. The molecule has 4 N–H and O–H groups in total. The monoisotopic (exact) mass is 483 g/mol. The van der Waals surface area contributed by atoms with Gasteiger partial charge in [-0.05, 0) is 42.3 Å². The number of hydrogen-bond acceptors (Lipinski definition) is 4. The molecule has 3 aromatic carbocycles. The van der Waals surface area contributed by atoms with Gasteiger partial charge in [-0.1, -0.05) is 60.7 Å². The van der Waals surface area contributed by atoms with Crippen LogP contribution >= 0.6 is 0 Å². The van der Waals surface area contributed by atoms with Gasteiger partial charge in [0.25, 0.3) is 5.91 Å². The maximum Gasteiger partial charge on any atom is 0.324 e. The van der Waals surface area contributed by atoms with Gasteiger partial charge in [0.1, 0.15) is 5.82 Å². The van der Waals surface area contributed by atoms with Gasteiger partial charge in [-0.25, -0.2) is 9.48 Å². The lowest BCUT2D eigenvalue weighted by atomic mass is 9.98. The molecular formula is C27H25N5O4. The van der Waals surface area contributed by atoms with Crippen LogP contribution in [0.2, 0.25) is 0 Å². The lowest BCUT2D eigenvalue weighted by molar-refractivity contribution is -0.137. The van der Waals surface area contributed by atoms with E-state index in [1.165, 1.54) is 10.7 Å². The third-order valence-electron chi connectivity index (χ3n) is 5.46. The Balaban J connectivity index is 1.61. The Hall–Kier alpha value is -4.92. The highest BCUT2D eigenvalue weighted by Gasteiger charge is 2.23. The van der Waals surface area contributed by atoms with Crippen molar-refractivity contribution in [3.63, 3.8) is 0 Å². The van der Waals surface area contributed by atoms with Crippen LogP contribution in [-0.4, -0.2) is 32.8 Å². The Morgan fingerprint density at radius 3 is 2.19 bits per heavy atom. The number of aromatic nitrogens is 2. The normalized spacial score (nSPS) is 11.4. The second kappa shape index (κ2) is 11.0. The topological polar surface area (TPSA) is 125 Å². The molecule has 0 aliphatic heterocycles. The summed E-state index contributed by atoms with van der Waals surface area (Å²) >= 11 is 0. The average Bonchev–Trinajstić information content (AvgIpc) is 3.28. The first-order valence-corrected chi connectivity index (χ1v) is 11.3. The Kier molecular flexibility index (Phi) is 7.40. The zero-order valence-corrected chi connectivity index (χ0v) is 19.5. The van der Waals surface area contributed by atoms with Crippen LogP contribution < -0.4 is 16.0 Å². The minimum Gasteiger partial charge on any atom is -0.481 e. The van der Waals surface area contributed by atoms with Gasteiger partial charge in [0.2, 0.25) is 0 Å². The predicted molar refractivity (Wildman–Crippen MR) is 136 cm³/mol. The number of carbonyl (C=O) groups is 3. The number of urea groups is 1. The fourth-order valence-electron chi connectivity index (χ4n) is 3.77. The number of carboxylic acid groups (broad SMARTS) is 1. The molecule has 1 atom stereocenters. The van der Waals surface area contributed by atoms with Crippen LogP contribution in [0.1, 0.15) is 34.1 Å². The summed E-state index contributed by atoms with van der Waals surface area (Å²) in [5.74, 6) is -1.34. The van der Waals surface area contributed by atoms with Crippen molar-refractivity contribution in [2.75, 3.05) is 10.6 Å². The number of hydrogen-bond donors (Lipinski definition) is 4. The highest BCUT2D eigenvalue weighted by atomic mass is 16.4. The van der Waals surface area contributed by atoms with E-state index in [2.05, 4.69) is 21.0 Å². The number of amides is 3. The van der Waals surface area contributed by atoms with Crippen molar-refractivity contribution < 1.29 is 19.5 Å². The van der Waals surface area contributed by atoms with Crippen LogP contribution in [0.25, 0.3) is 5.69 Å². The first-order valence-electron chi connectivity index (χ1n) is 11.3. The number of anilines is 2. The first-order chi connectivity index (χ1) is 17.4. The summed E-state index contributed by atoms with van der Waals surface area (Å²) in [6.45, 7) is 1.86. The zero-order valence-electron chi connectivity index (χ0n) is 19.5. The minimum atomic E-state index is -1.04. The number of nitrogens with zero attached hydrogens (tertiary/aromatic N) is 2. The number of para-hydroxylation sites is 2. The van der Waals surface area contributed by atoms with E-state index in [-0.39, 0.29) is 17.9 Å². The summed E-state index contributed by atoms with van der Waals surface area (Å²) in [4.78, 5) is 37.3. The highest BCUT2D eigenvalue weighted by Crippen LogP contribution is 2.23. The van der Waals surface area contributed by atoms with Crippen molar-refractivity contribution in [2.45, 2.75) is 19.4 Å². The number of aliphatic carboxylic acids is 1. The molecule has 0 aliphatic carbocycles. The van der Waals surface area contributed by atoms with Crippen molar-refractivity contribution in [3.8, 4) is 5.69 Å². The van der Waals surface area contributed by atoms with Crippen molar-refractivity contribution in [1.82, 2.24) is 15.1 Å². The molecule has 0 fully saturated rings. The Bertz CT molecular complexity index is 1370. The third-order valence-corrected chi connectivity index (χ3v) is 5.46. The number of benzene rings is 3. The molecule has 3 amide bonds. The van der Waals surface area contributed by atoms with Crippen LogP contribution in [-0.2, 0) is 4.79 Å². The molecule has 9 heteroatoms. The van der Waals surface area contributed by atoms with Crippen LogP contribution in [0, 0.1) is 6.92 Å². The first kappa shape index (κ1) is 24.2. The highest BCUT2D eigenvalue weighted by molar-refractivity contribution is 6.00. The maximum atomic E-state index is 13.2. The molecule has 36 heavy (non-hydrogen) atoms. The lowest BCUT2D eigenvalue weighted by Gasteiger charge is -2.18. The van der Waals surface area contributed by atoms with Gasteiger partial charge in [0.05, 0.1) is 18.2 Å². The summed E-state index contributed by atoms with van der Waals surface area (Å²) in [6, 6.07) is 25.4. The number of nitrogens with one attached hydrogen (secondary N) is 3. The Morgan fingerprint density at radius 1 is 0.889 bits per heavy atom. The maximum absolute atomic E-state index is 13.2. The molecule has 0 spiro atoms. The Morgan fingerprint density at radius 2 is 1.53 bits per heavy atom. The van der Waals surface area contributed by atoms with Gasteiger partial charge < -0.3 is 15.7 Å². The molecule has 1 aromatic heterocycles. The smallest absolute Gasteiger partial charge is 0.324 e. The summed E-state index contributed by atoms with van der Waals surface area (Å²) in [5.41, 5.74) is 2.83. The lowest BCUT2D eigenvalue weighted by Crippen LogP contribution is -2.31. The quantitative estimate of drug-likeness (QED) is 0.287. The molecule has 0 bridgehead atoms.